The van der Waals surface area contributed by atoms with E-state index in [4.69, 9.17) is 9.97 Å². The number of rotatable bonds is 4. The molecule has 0 spiro atoms. The molecule has 0 unspecified atom stereocenters. The molecule has 196 valence electrons. The number of fused-ring (bicyclic) bond motifs is 2. The van der Waals surface area contributed by atoms with Gasteiger partial charge >= 0.3 is 224 Å². The minimum absolute atomic E-state index is 0.437. The first-order valence-electron chi connectivity index (χ1n) is 11.6. The second kappa shape index (κ2) is 9.29. The molecule has 0 bridgehead atoms. The van der Waals surface area contributed by atoms with E-state index < -0.39 is 38.4 Å². The van der Waals surface area contributed by atoms with Gasteiger partial charge in [-0.1, -0.05) is 0 Å². The van der Waals surface area contributed by atoms with E-state index in [9.17, 15) is 26.3 Å². The summed E-state index contributed by atoms with van der Waals surface area (Å²) in [6.07, 6.45) is -5.27. The van der Waals surface area contributed by atoms with E-state index in [0.29, 0.717) is 22.8 Å². The van der Waals surface area contributed by atoms with Crippen molar-refractivity contribution in [2.24, 2.45) is 0 Å². The van der Waals surface area contributed by atoms with Gasteiger partial charge in [0, 0.05) is 0 Å². The van der Waals surface area contributed by atoms with Gasteiger partial charge in [-0.2, -0.15) is 0 Å². The van der Waals surface area contributed by atoms with Gasteiger partial charge < -0.3 is 0 Å². The van der Waals surface area contributed by atoms with Crippen LogP contribution in [0.3, 0.4) is 0 Å². The molecule has 39 heavy (non-hydrogen) atoms. The summed E-state index contributed by atoms with van der Waals surface area (Å²) < 4.78 is 83.5. The Kier molecular flexibility index (Phi) is 6.00. The van der Waals surface area contributed by atoms with E-state index in [0.717, 1.165) is 44.5 Å². The number of pyridine rings is 2. The number of hydrogen-bond donors (Lipinski definition) is 0. The third-order valence-corrected chi connectivity index (χ3v) is 8.24. The average molecular weight is 601 g/mol. The van der Waals surface area contributed by atoms with Gasteiger partial charge in [0.15, 0.2) is 0 Å². The minimum atomic E-state index is -4.44. The van der Waals surface area contributed by atoms with Gasteiger partial charge in [0.05, 0.1) is 0 Å². The molecule has 0 atom stereocenters. The van der Waals surface area contributed by atoms with Gasteiger partial charge in [-0.05, 0) is 0 Å². The van der Waals surface area contributed by atoms with E-state index in [1.807, 2.05) is 45.2 Å². The molecular formula is C28H16F6N4Se. The van der Waals surface area contributed by atoms with Gasteiger partial charge in [0.1, 0.15) is 0 Å². The maximum atomic E-state index is 13.1. The van der Waals surface area contributed by atoms with Crippen molar-refractivity contribution in [2.75, 3.05) is 0 Å². The van der Waals surface area contributed by atoms with Crippen molar-refractivity contribution in [3.05, 3.63) is 108 Å². The summed E-state index contributed by atoms with van der Waals surface area (Å²) >= 11 is -0.437. The third-order valence-electron chi connectivity index (χ3n) is 6.16. The molecule has 0 saturated carbocycles. The predicted molar refractivity (Wildman–Crippen MR) is 136 cm³/mol. The second-order valence-corrected chi connectivity index (χ2v) is 10.7. The van der Waals surface area contributed by atoms with E-state index in [1.54, 1.807) is 12.4 Å². The van der Waals surface area contributed by atoms with Gasteiger partial charge in [0.2, 0.25) is 0 Å². The van der Waals surface area contributed by atoms with E-state index >= 15 is 0 Å². The molecule has 0 aliphatic rings. The van der Waals surface area contributed by atoms with Gasteiger partial charge in [-0.15, -0.1) is 0 Å². The Hall–Kier alpha value is -4.08. The Bertz CT molecular complexity index is 1670. The normalized spacial score (nSPS) is 12.5. The van der Waals surface area contributed by atoms with Crippen LogP contribution in [0.25, 0.3) is 33.8 Å². The predicted octanol–water partition coefficient (Wildman–Crippen LogP) is 6.01. The standard InChI is InChI=1S/C28H16F6N4Se/c29-27(30,31)19-11-7-17(8-12-19)23-35-25(21-5-1-3-15-37(21)23)39-26-22-6-2-4-16-38(22)24(36-26)18-9-13-20(14-10-18)28(32,33)34/h1-16H. The number of aromatic nitrogens is 4. The van der Waals surface area contributed by atoms with Crippen LogP contribution in [-0.2, 0) is 12.4 Å². The molecule has 0 aliphatic heterocycles. The van der Waals surface area contributed by atoms with Crippen molar-refractivity contribution in [3.8, 4) is 22.8 Å². The number of alkyl halides is 6. The summed E-state index contributed by atoms with van der Waals surface area (Å²) in [5.74, 6) is 1.00. The molecule has 0 radical (unpaired) electrons. The molecule has 0 aliphatic carbocycles. The molecule has 6 rings (SSSR count). The fourth-order valence-electron chi connectivity index (χ4n) is 4.28. The summed E-state index contributed by atoms with van der Waals surface area (Å²) in [5.41, 5.74) is 1.17. The zero-order valence-corrected chi connectivity index (χ0v) is 21.4. The van der Waals surface area contributed by atoms with Gasteiger partial charge in [-0.3, -0.25) is 0 Å². The number of benzene rings is 2. The third kappa shape index (κ3) is 4.68. The summed E-state index contributed by atoms with van der Waals surface area (Å²) in [6, 6.07) is 20.8. The number of nitrogens with zero attached hydrogens (tertiary/aromatic N) is 4. The average Bonchev–Trinajstić information content (AvgIpc) is 3.47. The molecule has 2 aromatic carbocycles. The van der Waals surface area contributed by atoms with Gasteiger partial charge in [-0.25, -0.2) is 0 Å². The Morgan fingerprint density at radius 3 is 1.26 bits per heavy atom. The number of halogens is 6. The summed E-state index contributed by atoms with van der Waals surface area (Å²) in [5, 5.41) is 0. The molecule has 0 saturated heterocycles. The summed E-state index contributed by atoms with van der Waals surface area (Å²) in [7, 11) is 0. The zero-order valence-electron chi connectivity index (χ0n) is 19.7. The summed E-state index contributed by atoms with van der Waals surface area (Å²) in [4.78, 5) is 9.62. The summed E-state index contributed by atoms with van der Waals surface area (Å²) in [6.45, 7) is 0. The van der Waals surface area contributed by atoms with E-state index in [2.05, 4.69) is 0 Å². The first-order valence-corrected chi connectivity index (χ1v) is 13.3. The Morgan fingerprint density at radius 1 is 0.513 bits per heavy atom. The molecule has 4 nitrogen and oxygen atoms in total. The Morgan fingerprint density at radius 2 is 0.897 bits per heavy atom. The van der Waals surface area contributed by atoms with Crippen LogP contribution in [0.5, 0.6) is 0 Å². The van der Waals surface area contributed by atoms with Crippen LogP contribution in [0.1, 0.15) is 11.1 Å². The van der Waals surface area contributed by atoms with Crippen LogP contribution in [0.2, 0.25) is 0 Å². The fraction of sp³-hybridized carbons (Fsp3) is 0.0714. The monoisotopic (exact) mass is 602 g/mol. The van der Waals surface area contributed by atoms with Crippen LogP contribution in [0.15, 0.2) is 97.3 Å². The van der Waals surface area contributed by atoms with Crippen LogP contribution in [-0.4, -0.2) is 33.7 Å². The van der Waals surface area contributed by atoms with Gasteiger partial charge in [0.25, 0.3) is 0 Å². The number of imidazole rings is 2. The van der Waals surface area contributed by atoms with Crippen LogP contribution < -0.4 is 9.18 Å². The maximum absolute atomic E-state index is 13.1. The molecule has 4 heterocycles. The Balaban J connectivity index is 1.42. The molecule has 0 fully saturated rings. The molecule has 0 N–H and O–H groups in total. The zero-order chi connectivity index (χ0) is 27.4. The fourth-order valence-corrected chi connectivity index (χ4v) is 6.36. The van der Waals surface area contributed by atoms with Crippen molar-refractivity contribution >= 4 is 35.2 Å². The SMILES string of the molecule is FC(F)(F)c1ccc(-c2nc([Se]c3nc(-c4ccc(C(F)(F)F)cc4)n4ccccc34)c3ccccn23)cc1. The van der Waals surface area contributed by atoms with Crippen molar-refractivity contribution in [3.63, 3.8) is 0 Å². The van der Waals surface area contributed by atoms with E-state index in [1.165, 1.54) is 24.3 Å². The molecule has 6 aromatic rings. The van der Waals surface area contributed by atoms with Crippen LogP contribution in [0.4, 0.5) is 26.3 Å². The first-order chi connectivity index (χ1) is 18.6. The van der Waals surface area contributed by atoms with Crippen LogP contribution in [0, 0.1) is 0 Å². The molecular weight excluding hydrogens is 585 g/mol. The topological polar surface area (TPSA) is 34.6 Å². The second-order valence-electron chi connectivity index (χ2n) is 8.65. The van der Waals surface area contributed by atoms with E-state index in [-0.39, 0.29) is 0 Å². The van der Waals surface area contributed by atoms with Crippen molar-refractivity contribution in [2.45, 2.75) is 12.4 Å². The van der Waals surface area contributed by atoms with Crippen molar-refractivity contribution < 1.29 is 26.3 Å². The Labute approximate surface area is 223 Å². The van der Waals surface area contributed by atoms with Crippen molar-refractivity contribution in [1.29, 1.82) is 0 Å². The van der Waals surface area contributed by atoms with Crippen molar-refractivity contribution in [1.82, 2.24) is 18.8 Å². The quantitative estimate of drug-likeness (QED) is 0.183. The first kappa shape index (κ1) is 25.2. The molecule has 0 amide bonds. The van der Waals surface area contributed by atoms with Crippen LogP contribution >= 0.6 is 0 Å². The number of hydrogen-bond acceptors (Lipinski definition) is 2. The molecule has 11 heteroatoms. The molecule has 4 aromatic heterocycles.